The molecule has 0 amide bonds. The van der Waals surface area contributed by atoms with Crippen LogP contribution in [-0.2, 0) is 6.42 Å². The fraction of sp³-hybridized carbons (Fsp3) is 0.538. The highest BCUT2D eigenvalue weighted by Crippen LogP contribution is 2.33. The first kappa shape index (κ1) is 11.3. The van der Waals surface area contributed by atoms with Crippen molar-refractivity contribution in [3.63, 3.8) is 0 Å². The van der Waals surface area contributed by atoms with Crippen molar-refractivity contribution >= 4 is 0 Å². The van der Waals surface area contributed by atoms with E-state index in [4.69, 9.17) is 4.74 Å². The number of phenolic OH excluding ortho intramolecular Hbond substituents is 1. The van der Waals surface area contributed by atoms with E-state index in [2.05, 4.69) is 5.32 Å². The van der Waals surface area contributed by atoms with Crippen LogP contribution in [0, 0.1) is 6.92 Å². The van der Waals surface area contributed by atoms with Crippen molar-refractivity contribution < 1.29 is 9.84 Å². The van der Waals surface area contributed by atoms with Crippen LogP contribution in [0.4, 0.5) is 0 Å². The third-order valence-corrected chi connectivity index (χ3v) is 3.31. The highest BCUT2D eigenvalue weighted by molar-refractivity contribution is 5.49. The number of aromatic hydroxyl groups is 1. The van der Waals surface area contributed by atoms with Gasteiger partial charge in [-0.05, 0) is 44.4 Å². The number of nitrogens with one attached hydrogen (secondary N) is 1. The van der Waals surface area contributed by atoms with Crippen LogP contribution < -0.4 is 10.1 Å². The van der Waals surface area contributed by atoms with Gasteiger partial charge in [-0.3, -0.25) is 0 Å². The second kappa shape index (κ2) is 4.74. The molecule has 3 heteroatoms. The van der Waals surface area contributed by atoms with E-state index in [9.17, 15) is 5.11 Å². The van der Waals surface area contributed by atoms with Gasteiger partial charge in [-0.25, -0.2) is 0 Å². The summed E-state index contributed by atoms with van der Waals surface area (Å²) < 4.78 is 5.13. The molecule has 3 nitrogen and oxygen atoms in total. The fourth-order valence-electron chi connectivity index (χ4n) is 2.32. The summed E-state index contributed by atoms with van der Waals surface area (Å²) in [6, 6.07) is 4.32. The predicted molar refractivity (Wildman–Crippen MR) is 64.1 cm³/mol. The maximum absolute atomic E-state index is 10.1. The smallest absolute Gasteiger partial charge is 0.161 e. The van der Waals surface area contributed by atoms with Crippen molar-refractivity contribution in [2.75, 3.05) is 13.7 Å². The van der Waals surface area contributed by atoms with Crippen LogP contribution in [0.15, 0.2) is 12.1 Å². The lowest BCUT2D eigenvalue weighted by molar-refractivity contribution is 0.369. The topological polar surface area (TPSA) is 41.5 Å². The molecule has 0 radical (unpaired) electrons. The fourth-order valence-corrected chi connectivity index (χ4v) is 2.32. The largest absolute Gasteiger partial charge is 0.504 e. The highest BCUT2D eigenvalue weighted by atomic mass is 16.5. The van der Waals surface area contributed by atoms with E-state index in [-0.39, 0.29) is 0 Å². The van der Waals surface area contributed by atoms with Crippen molar-refractivity contribution in [1.82, 2.24) is 5.32 Å². The van der Waals surface area contributed by atoms with Crippen LogP contribution in [0.25, 0.3) is 0 Å². The number of hydrogen-bond donors (Lipinski definition) is 2. The molecule has 1 aromatic rings. The number of hydrogen-bond acceptors (Lipinski definition) is 3. The zero-order valence-electron chi connectivity index (χ0n) is 9.92. The molecule has 1 aliphatic heterocycles. The maximum atomic E-state index is 10.1. The summed E-state index contributed by atoms with van der Waals surface area (Å²) >= 11 is 0. The lowest BCUT2D eigenvalue weighted by Gasteiger charge is -2.15. The maximum Gasteiger partial charge on any atom is 0.161 e. The molecule has 0 saturated carbocycles. The van der Waals surface area contributed by atoms with Crippen LogP contribution >= 0.6 is 0 Å². The van der Waals surface area contributed by atoms with Crippen LogP contribution in [-0.4, -0.2) is 24.8 Å². The second-order valence-electron chi connectivity index (χ2n) is 4.41. The Morgan fingerprint density at radius 1 is 1.50 bits per heavy atom. The normalized spacial score (nSPS) is 20.0. The minimum atomic E-state index is 0.302. The lowest BCUT2D eigenvalue weighted by atomic mass is 9.98. The van der Waals surface area contributed by atoms with E-state index in [0.717, 1.165) is 24.1 Å². The Balaban J connectivity index is 2.23. The Morgan fingerprint density at radius 2 is 2.31 bits per heavy atom. The average Bonchev–Trinajstić information content (AvgIpc) is 2.77. The van der Waals surface area contributed by atoms with Gasteiger partial charge < -0.3 is 15.2 Å². The highest BCUT2D eigenvalue weighted by Gasteiger charge is 2.19. The van der Waals surface area contributed by atoms with Gasteiger partial charge in [0.2, 0.25) is 0 Å². The van der Waals surface area contributed by atoms with Gasteiger partial charge in [0.15, 0.2) is 11.5 Å². The van der Waals surface area contributed by atoms with E-state index < -0.39 is 0 Å². The number of rotatable bonds is 3. The second-order valence-corrected chi connectivity index (χ2v) is 4.41. The van der Waals surface area contributed by atoms with Crippen LogP contribution in [0.2, 0.25) is 0 Å². The Bertz CT molecular complexity index is 370. The Labute approximate surface area is 96.4 Å². The summed E-state index contributed by atoms with van der Waals surface area (Å²) in [5, 5.41) is 13.5. The zero-order chi connectivity index (χ0) is 11.5. The van der Waals surface area contributed by atoms with Gasteiger partial charge >= 0.3 is 0 Å². The zero-order valence-corrected chi connectivity index (χ0v) is 9.92. The molecule has 0 bridgehead atoms. The van der Waals surface area contributed by atoms with Gasteiger partial charge in [-0.1, -0.05) is 6.07 Å². The predicted octanol–water partition coefficient (Wildman–Crippen LogP) is 2.00. The van der Waals surface area contributed by atoms with Gasteiger partial charge in [0.05, 0.1) is 7.11 Å². The SMILES string of the molecule is COc1ccc(C)c(CC2CCCN2)c1O. The Morgan fingerprint density at radius 3 is 2.94 bits per heavy atom. The standard InChI is InChI=1S/C13H19NO2/c1-9-5-6-12(16-2)13(15)11(9)8-10-4-3-7-14-10/h5-6,10,14-15H,3-4,7-8H2,1-2H3. The number of phenols is 1. The molecule has 1 unspecified atom stereocenters. The summed E-state index contributed by atoms with van der Waals surface area (Å²) in [5.74, 6) is 0.870. The monoisotopic (exact) mass is 221 g/mol. The molecular formula is C13H19NO2. The Hall–Kier alpha value is -1.22. The molecule has 1 atom stereocenters. The summed E-state index contributed by atoms with van der Waals surface area (Å²) in [5.41, 5.74) is 2.14. The van der Waals surface area contributed by atoms with E-state index >= 15 is 0 Å². The van der Waals surface area contributed by atoms with Gasteiger partial charge in [-0.2, -0.15) is 0 Å². The van der Waals surface area contributed by atoms with Crippen LogP contribution in [0.1, 0.15) is 24.0 Å². The molecule has 1 heterocycles. The summed E-state index contributed by atoms with van der Waals surface area (Å²) in [4.78, 5) is 0. The molecule has 16 heavy (non-hydrogen) atoms. The number of methoxy groups -OCH3 is 1. The van der Waals surface area contributed by atoms with E-state index in [0.29, 0.717) is 17.5 Å². The van der Waals surface area contributed by atoms with E-state index in [1.807, 2.05) is 19.1 Å². The van der Waals surface area contributed by atoms with Gasteiger partial charge in [0.25, 0.3) is 0 Å². The van der Waals surface area contributed by atoms with Crippen molar-refractivity contribution in [3.05, 3.63) is 23.3 Å². The molecule has 88 valence electrons. The molecule has 2 rings (SSSR count). The first-order chi connectivity index (χ1) is 7.72. The minimum absolute atomic E-state index is 0.302. The lowest BCUT2D eigenvalue weighted by Crippen LogP contribution is -2.24. The van der Waals surface area contributed by atoms with Gasteiger partial charge in [0.1, 0.15) is 0 Å². The summed E-state index contributed by atoms with van der Waals surface area (Å²) in [7, 11) is 1.59. The molecule has 1 aromatic carbocycles. The number of aryl methyl sites for hydroxylation is 1. The van der Waals surface area contributed by atoms with Gasteiger partial charge in [0, 0.05) is 11.6 Å². The van der Waals surface area contributed by atoms with Crippen molar-refractivity contribution in [1.29, 1.82) is 0 Å². The molecule has 2 N–H and O–H groups in total. The van der Waals surface area contributed by atoms with Crippen molar-refractivity contribution in [2.24, 2.45) is 0 Å². The first-order valence-electron chi connectivity index (χ1n) is 5.81. The molecule has 1 aliphatic rings. The number of ether oxygens (including phenoxy) is 1. The first-order valence-corrected chi connectivity index (χ1v) is 5.81. The molecule has 1 fully saturated rings. The molecule has 1 saturated heterocycles. The summed E-state index contributed by atoms with van der Waals surface area (Å²) in [6.45, 7) is 3.12. The molecule has 0 aliphatic carbocycles. The van der Waals surface area contributed by atoms with Crippen LogP contribution in [0.5, 0.6) is 11.5 Å². The van der Waals surface area contributed by atoms with Crippen molar-refractivity contribution in [3.8, 4) is 11.5 Å². The van der Waals surface area contributed by atoms with E-state index in [1.54, 1.807) is 7.11 Å². The molecule has 0 spiro atoms. The minimum Gasteiger partial charge on any atom is -0.504 e. The van der Waals surface area contributed by atoms with E-state index in [1.165, 1.54) is 12.8 Å². The van der Waals surface area contributed by atoms with Gasteiger partial charge in [-0.15, -0.1) is 0 Å². The summed E-state index contributed by atoms with van der Waals surface area (Å²) in [6.07, 6.45) is 3.30. The molecule has 0 aromatic heterocycles. The van der Waals surface area contributed by atoms with Crippen LogP contribution in [0.3, 0.4) is 0 Å². The average molecular weight is 221 g/mol. The third kappa shape index (κ3) is 2.14. The third-order valence-electron chi connectivity index (χ3n) is 3.31. The van der Waals surface area contributed by atoms with Crippen molar-refractivity contribution in [2.45, 2.75) is 32.2 Å². The molecular weight excluding hydrogens is 202 g/mol. The quantitative estimate of drug-likeness (QED) is 0.820. The Kier molecular flexibility index (Phi) is 3.34. The number of benzene rings is 1.